The Balaban J connectivity index is 1.93. The smallest absolute Gasteiger partial charge is 0.234 e. The summed E-state index contributed by atoms with van der Waals surface area (Å²) in [5, 5.41) is 0. The molecule has 4 nitrogen and oxygen atoms in total. The minimum absolute atomic E-state index is 0.0573. The van der Waals surface area contributed by atoms with Gasteiger partial charge in [-0.1, -0.05) is 0 Å². The summed E-state index contributed by atoms with van der Waals surface area (Å²) in [6.45, 7) is 4.11. The number of rotatable bonds is 1. The van der Waals surface area contributed by atoms with Crippen LogP contribution in [0, 0.1) is 0 Å². The van der Waals surface area contributed by atoms with Crippen LogP contribution < -0.4 is 10.6 Å². The largest absolute Gasteiger partial charge is 0.399 e. The number of likely N-dealkylation sites (tertiary alicyclic amines) is 1. The lowest BCUT2D eigenvalue weighted by Gasteiger charge is -2.35. The molecule has 2 aliphatic rings. The first kappa shape index (κ1) is 12.5. The number of carbonyl (C=O) groups excluding carboxylic acids is 1. The third kappa shape index (κ3) is 2.00. The van der Waals surface area contributed by atoms with E-state index in [0.717, 1.165) is 42.9 Å². The van der Waals surface area contributed by atoms with Crippen LogP contribution in [0.3, 0.4) is 0 Å². The van der Waals surface area contributed by atoms with Crippen LogP contribution in [0.4, 0.5) is 11.4 Å². The zero-order valence-electron chi connectivity index (χ0n) is 11.6. The topological polar surface area (TPSA) is 49.6 Å². The Kier molecular flexibility index (Phi) is 2.97. The number of piperidine rings is 1. The Morgan fingerprint density at radius 2 is 1.95 bits per heavy atom. The quantitative estimate of drug-likeness (QED) is 0.783. The Morgan fingerprint density at radius 3 is 2.63 bits per heavy atom. The minimum atomic E-state index is -0.0573. The second-order valence-corrected chi connectivity index (χ2v) is 5.78. The number of amides is 1. The summed E-state index contributed by atoms with van der Waals surface area (Å²) in [5.74, 6) is 0.174. The van der Waals surface area contributed by atoms with E-state index < -0.39 is 0 Å². The molecule has 1 aromatic rings. The molecule has 0 unspecified atom stereocenters. The van der Waals surface area contributed by atoms with Gasteiger partial charge in [-0.15, -0.1) is 0 Å². The lowest BCUT2D eigenvalue weighted by molar-refractivity contribution is -0.119. The molecule has 1 saturated heterocycles. The van der Waals surface area contributed by atoms with E-state index in [1.807, 2.05) is 30.0 Å². The Bertz CT molecular complexity index is 506. The van der Waals surface area contributed by atoms with Crippen LogP contribution in [0.1, 0.15) is 31.2 Å². The molecule has 3 rings (SSSR count). The van der Waals surface area contributed by atoms with Gasteiger partial charge in [0.15, 0.2) is 0 Å². The molecular weight excluding hydrogens is 238 g/mol. The van der Waals surface area contributed by atoms with Crippen molar-refractivity contribution in [2.24, 2.45) is 0 Å². The van der Waals surface area contributed by atoms with Gasteiger partial charge in [-0.2, -0.15) is 0 Å². The fourth-order valence-electron chi connectivity index (χ4n) is 3.23. The van der Waals surface area contributed by atoms with Gasteiger partial charge in [-0.3, -0.25) is 4.79 Å². The summed E-state index contributed by atoms with van der Waals surface area (Å²) < 4.78 is 0. The van der Waals surface area contributed by atoms with Crippen LogP contribution >= 0.6 is 0 Å². The number of benzene rings is 1. The average Bonchev–Trinajstić information content (AvgIpc) is 2.64. The van der Waals surface area contributed by atoms with Crippen LogP contribution in [0.15, 0.2) is 18.2 Å². The van der Waals surface area contributed by atoms with Gasteiger partial charge in [-0.25, -0.2) is 0 Å². The minimum Gasteiger partial charge on any atom is -0.399 e. The van der Waals surface area contributed by atoms with Crippen LogP contribution in [-0.4, -0.2) is 37.0 Å². The summed E-state index contributed by atoms with van der Waals surface area (Å²) in [4.78, 5) is 16.9. The first-order chi connectivity index (χ1) is 9.08. The number of nitrogens with zero attached hydrogens (tertiary/aromatic N) is 2. The Hall–Kier alpha value is -1.55. The van der Waals surface area contributed by atoms with E-state index in [-0.39, 0.29) is 11.8 Å². The summed E-state index contributed by atoms with van der Waals surface area (Å²) in [6.07, 6.45) is 2.11. The van der Waals surface area contributed by atoms with Crippen LogP contribution in [0.25, 0.3) is 0 Å². The molecule has 1 amide bonds. The van der Waals surface area contributed by atoms with Gasteiger partial charge in [0.25, 0.3) is 0 Å². The van der Waals surface area contributed by atoms with E-state index in [1.165, 1.54) is 0 Å². The standard InChI is InChI=1S/C15H21N3O/c1-10-13-9-11(16)3-4-14(13)18(15(10)19)12-5-7-17(2)8-6-12/h3-4,9-10,12H,5-8,16H2,1-2H3/t10-/m1/s1. The molecule has 0 aliphatic carbocycles. The highest BCUT2D eigenvalue weighted by Gasteiger charge is 2.38. The average molecular weight is 259 g/mol. The van der Waals surface area contributed by atoms with Gasteiger partial charge in [0.05, 0.1) is 5.92 Å². The highest BCUT2D eigenvalue weighted by atomic mass is 16.2. The maximum Gasteiger partial charge on any atom is 0.234 e. The van der Waals surface area contributed by atoms with Crippen molar-refractivity contribution in [1.82, 2.24) is 4.90 Å². The van der Waals surface area contributed by atoms with Crippen molar-refractivity contribution in [3.63, 3.8) is 0 Å². The van der Waals surface area contributed by atoms with Crippen molar-refractivity contribution in [3.05, 3.63) is 23.8 Å². The molecule has 19 heavy (non-hydrogen) atoms. The molecule has 0 bridgehead atoms. The molecule has 0 spiro atoms. The predicted molar refractivity (Wildman–Crippen MR) is 77.3 cm³/mol. The van der Waals surface area contributed by atoms with Crippen LogP contribution in [0.2, 0.25) is 0 Å². The first-order valence-corrected chi connectivity index (χ1v) is 6.99. The molecular formula is C15H21N3O. The maximum atomic E-state index is 12.5. The first-order valence-electron chi connectivity index (χ1n) is 6.99. The van der Waals surface area contributed by atoms with Crippen molar-refractivity contribution in [2.45, 2.75) is 31.7 Å². The predicted octanol–water partition coefficient (Wildman–Crippen LogP) is 1.81. The fraction of sp³-hybridized carbons (Fsp3) is 0.533. The van der Waals surface area contributed by atoms with E-state index in [0.29, 0.717) is 6.04 Å². The molecule has 2 aliphatic heterocycles. The molecule has 0 radical (unpaired) electrons. The number of hydrogen-bond donors (Lipinski definition) is 1. The summed E-state index contributed by atoms with van der Waals surface area (Å²) in [7, 11) is 2.14. The van der Waals surface area contributed by atoms with E-state index in [9.17, 15) is 4.79 Å². The van der Waals surface area contributed by atoms with Crippen LogP contribution in [0.5, 0.6) is 0 Å². The van der Waals surface area contributed by atoms with Crippen molar-refractivity contribution >= 4 is 17.3 Å². The summed E-state index contributed by atoms with van der Waals surface area (Å²) in [5.41, 5.74) is 8.74. The highest BCUT2D eigenvalue weighted by molar-refractivity contribution is 6.05. The molecule has 0 saturated carbocycles. The molecule has 1 aromatic carbocycles. The molecule has 0 aromatic heterocycles. The lowest BCUT2D eigenvalue weighted by Crippen LogP contribution is -2.45. The molecule has 2 heterocycles. The fourth-order valence-corrected chi connectivity index (χ4v) is 3.23. The van der Waals surface area contributed by atoms with Gasteiger partial charge < -0.3 is 15.5 Å². The Labute approximate surface area is 114 Å². The van der Waals surface area contributed by atoms with Crippen molar-refractivity contribution in [3.8, 4) is 0 Å². The van der Waals surface area contributed by atoms with Gasteiger partial charge >= 0.3 is 0 Å². The summed E-state index contributed by atoms with van der Waals surface area (Å²) in [6, 6.07) is 6.19. The number of anilines is 2. The summed E-state index contributed by atoms with van der Waals surface area (Å²) >= 11 is 0. The lowest BCUT2D eigenvalue weighted by atomic mass is 10.0. The molecule has 2 N–H and O–H groups in total. The van der Waals surface area contributed by atoms with Crippen molar-refractivity contribution < 1.29 is 4.79 Å². The van der Waals surface area contributed by atoms with Gasteiger partial charge in [0.2, 0.25) is 5.91 Å². The zero-order valence-corrected chi connectivity index (χ0v) is 11.6. The third-order valence-corrected chi connectivity index (χ3v) is 4.44. The van der Waals surface area contributed by atoms with E-state index in [2.05, 4.69) is 11.9 Å². The number of nitrogen functional groups attached to an aromatic ring is 1. The van der Waals surface area contributed by atoms with E-state index >= 15 is 0 Å². The number of carbonyl (C=O) groups is 1. The molecule has 1 atom stereocenters. The van der Waals surface area contributed by atoms with E-state index in [1.54, 1.807) is 0 Å². The normalized spacial score (nSPS) is 24.8. The molecule has 4 heteroatoms. The van der Waals surface area contributed by atoms with Gasteiger partial charge in [0, 0.05) is 17.4 Å². The monoisotopic (exact) mass is 259 g/mol. The van der Waals surface area contributed by atoms with E-state index in [4.69, 9.17) is 5.73 Å². The second kappa shape index (κ2) is 4.53. The second-order valence-electron chi connectivity index (χ2n) is 5.78. The van der Waals surface area contributed by atoms with Crippen LogP contribution in [-0.2, 0) is 4.79 Å². The molecule has 102 valence electrons. The SMILES string of the molecule is C[C@H]1C(=O)N(C2CCN(C)CC2)c2ccc(N)cc21. The zero-order chi connectivity index (χ0) is 13.6. The number of fused-ring (bicyclic) bond motifs is 1. The Morgan fingerprint density at radius 1 is 1.26 bits per heavy atom. The van der Waals surface area contributed by atoms with Gasteiger partial charge in [-0.05, 0) is 63.7 Å². The third-order valence-electron chi connectivity index (χ3n) is 4.44. The van der Waals surface area contributed by atoms with Crippen molar-refractivity contribution in [2.75, 3.05) is 30.8 Å². The molecule has 1 fully saturated rings. The number of hydrogen-bond acceptors (Lipinski definition) is 3. The highest BCUT2D eigenvalue weighted by Crippen LogP contribution is 2.40. The van der Waals surface area contributed by atoms with Crippen molar-refractivity contribution in [1.29, 1.82) is 0 Å². The maximum absolute atomic E-state index is 12.5. The van der Waals surface area contributed by atoms with Gasteiger partial charge in [0.1, 0.15) is 0 Å². The number of nitrogens with two attached hydrogens (primary N) is 1.